The highest BCUT2D eigenvalue weighted by atomic mass is 15.1. The van der Waals surface area contributed by atoms with E-state index in [0.29, 0.717) is 0 Å². The van der Waals surface area contributed by atoms with Crippen molar-refractivity contribution in [3.63, 3.8) is 0 Å². The average molecular weight is 210 g/mol. The van der Waals surface area contributed by atoms with Gasteiger partial charge >= 0.3 is 0 Å². The number of nitrogens with zero attached hydrogens (tertiary/aromatic N) is 1. The third-order valence-corrected chi connectivity index (χ3v) is 3.12. The summed E-state index contributed by atoms with van der Waals surface area (Å²) in [5, 5.41) is 3.57. The topological polar surface area (TPSA) is 15.3 Å². The first-order chi connectivity index (χ1) is 7.36. The lowest BCUT2D eigenvalue weighted by molar-refractivity contribution is 0.250. The maximum Gasteiger partial charge on any atom is 0.0195 e. The molecular formula is C13H26N2. The summed E-state index contributed by atoms with van der Waals surface area (Å²) in [7, 11) is 0. The molecule has 0 aromatic rings. The molecule has 88 valence electrons. The van der Waals surface area contributed by atoms with Crippen molar-refractivity contribution in [1.29, 1.82) is 0 Å². The van der Waals surface area contributed by atoms with Gasteiger partial charge in [0.15, 0.2) is 0 Å². The van der Waals surface area contributed by atoms with Crippen molar-refractivity contribution >= 4 is 0 Å². The quantitative estimate of drug-likeness (QED) is 0.619. The number of rotatable bonds is 8. The molecule has 0 aliphatic carbocycles. The Morgan fingerprint density at radius 2 is 2.33 bits per heavy atom. The molecule has 0 amide bonds. The van der Waals surface area contributed by atoms with Gasteiger partial charge in [-0.15, -0.1) is 6.58 Å². The van der Waals surface area contributed by atoms with Gasteiger partial charge in [0, 0.05) is 19.1 Å². The lowest BCUT2D eigenvalue weighted by atomic mass is 10.2. The molecule has 1 N–H and O–H groups in total. The van der Waals surface area contributed by atoms with Gasteiger partial charge in [0.1, 0.15) is 0 Å². The first-order valence-electron chi connectivity index (χ1n) is 6.43. The van der Waals surface area contributed by atoms with E-state index < -0.39 is 0 Å². The summed E-state index contributed by atoms with van der Waals surface area (Å²) in [6.45, 7) is 10.9. The summed E-state index contributed by atoms with van der Waals surface area (Å²) in [4.78, 5) is 2.59. The fraction of sp³-hybridized carbons (Fsp3) is 0.846. The van der Waals surface area contributed by atoms with E-state index in [4.69, 9.17) is 0 Å². The summed E-state index contributed by atoms with van der Waals surface area (Å²) in [5.41, 5.74) is 0. The van der Waals surface area contributed by atoms with Crippen molar-refractivity contribution in [3.8, 4) is 0 Å². The second-order valence-corrected chi connectivity index (χ2v) is 4.52. The highest BCUT2D eigenvalue weighted by Gasteiger charge is 2.16. The Hall–Kier alpha value is -0.340. The van der Waals surface area contributed by atoms with Crippen molar-refractivity contribution in [2.75, 3.05) is 26.2 Å². The first kappa shape index (κ1) is 12.7. The number of hydrogen-bond donors (Lipinski definition) is 1. The van der Waals surface area contributed by atoms with Crippen LogP contribution in [0.4, 0.5) is 0 Å². The second kappa shape index (κ2) is 7.89. The predicted molar refractivity (Wildman–Crippen MR) is 67.2 cm³/mol. The van der Waals surface area contributed by atoms with Crippen LogP contribution >= 0.6 is 0 Å². The Balaban J connectivity index is 2.22. The van der Waals surface area contributed by atoms with E-state index in [1.54, 1.807) is 0 Å². The molecule has 0 aromatic carbocycles. The van der Waals surface area contributed by atoms with Gasteiger partial charge in [0.25, 0.3) is 0 Å². The molecule has 0 radical (unpaired) electrons. The van der Waals surface area contributed by atoms with E-state index in [0.717, 1.165) is 12.5 Å². The Bertz CT molecular complexity index is 162. The predicted octanol–water partition coefficient (Wildman–Crippen LogP) is 2.42. The summed E-state index contributed by atoms with van der Waals surface area (Å²) >= 11 is 0. The number of nitrogens with one attached hydrogen (secondary N) is 1. The minimum atomic E-state index is 0.742. The van der Waals surface area contributed by atoms with Crippen LogP contribution in [0.5, 0.6) is 0 Å². The fourth-order valence-corrected chi connectivity index (χ4v) is 2.17. The molecule has 1 saturated heterocycles. The molecule has 0 saturated carbocycles. The zero-order chi connectivity index (χ0) is 10.9. The van der Waals surface area contributed by atoms with Crippen molar-refractivity contribution in [2.45, 2.75) is 45.1 Å². The van der Waals surface area contributed by atoms with E-state index >= 15 is 0 Å². The third-order valence-electron chi connectivity index (χ3n) is 3.12. The molecule has 0 spiro atoms. The minimum absolute atomic E-state index is 0.742. The molecule has 1 atom stereocenters. The Morgan fingerprint density at radius 1 is 1.47 bits per heavy atom. The Morgan fingerprint density at radius 3 is 2.93 bits per heavy atom. The van der Waals surface area contributed by atoms with Gasteiger partial charge in [-0.25, -0.2) is 0 Å². The molecule has 1 fully saturated rings. The summed E-state index contributed by atoms with van der Waals surface area (Å²) in [6.07, 6.45) is 8.48. The summed E-state index contributed by atoms with van der Waals surface area (Å²) in [5.74, 6) is 0. The highest BCUT2D eigenvalue weighted by Crippen LogP contribution is 2.08. The summed E-state index contributed by atoms with van der Waals surface area (Å²) in [6, 6.07) is 0.742. The molecule has 2 nitrogen and oxygen atoms in total. The SMILES string of the molecule is C=CCCN(CCCC)CC1CCCN1. The molecule has 1 rings (SSSR count). The number of unbranched alkanes of at least 4 members (excludes halogenated alkanes) is 1. The Labute approximate surface area is 94.7 Å². The maximum atomic E-state index is 3.80. The average Bonchev–Trinajstić information content (AvgIpc) is 2.74. The monoisotopic (exact) mass is 210 g/mol. The van der Waals surface area contributed by atoms with Gasteiger partial charge in [0.2, 0.25) is 0 Å². The standard InChI is InChI=1S/C13H26N2/c1-3-5-10-15(11-6-4-2)12-13-8-7-9-14-13/h3,13-14H,1,4-12H2,2H3. The lowest BCUT2D eigenvalue weighted by Crippen LogP contribution is -2.38. The van der Waals surface area contributed by atoms with E-state index in [-0.39, 0.29) is 0 Å². The molecule has 1 aliphatic rings. The van der Waals surface area contributed by atoms with Crippen molar-refractivity contribution in [2.24, 2.45) is 0 Å². The van der Waals surface area contributed by atoms with Crippen LogP contribution in [-0.2, 0) is 0 Å². The van der Waals surface area contributed by atoms with Crippen LogP contribution in [-0.4, -0.2) is 37.1 Å². The van der Waals surface area contributed by atoms with E-state index in [1.807, 2.05) is 6.08 Å². The van der Waals surface area contributed by atoms with Crippen LogP contribution in [0.25, 0.3) is 0 Å². The van der Waals surface area contributed by atoms with Crippen LogP contribution in [0.3, 0.4) is 0 Å². The van der Waals surface area contributed by atoms with Gasteiger partial charge in [-0.3, -0.25) is 0 Å². The molecule has 15 heavy (non-hydrogen) atoms. The van der Waals surface area contributed by atoms with E-state index in [1.165, 1.54) is 51.9 Å². The normalized spacial score (nSPS) is 21.1. The smallest absolute Gasteiger partial charge is 0.0195 e. The van der Waals surface area contributed by atoms with Gasteiger partial charge < -0.3 is 10.2 Å². The van der Waals surface area contributed by atoms with Crippen LogP contribution in [0.1, 0.15) is 39.0 Å². The van der Waals surface area contributed by atoms with Crippen LogP contribution in [0, 0.1) is 0 Å². The second-order valence-electron chi connectivity index (χ2n) is 4.52. The molecule has 1 unspecified atom stereocenters. The fourth-order valence-electron chi connectivity index (χ4n) is 2.17. The third kappa shape index (κ3) is 5.33. The van der Waals surface area contributed by atoms with Gasteiger partial charge in [-0.1, -0.05) is 19.4 Å². The van der Waals surface area contributed by atoms with Crippen LogP contribution in [0.15, 0.2) is 12.7 Å². The van der Waals surface area contributed by atoms with Crippen molar-refractivity contribution in [1.82, 2.24) is 10.2 Å². The highest BCUT2D eigenvalue weighted by molar-refractivity contribution is 4.79. The van der Waals surface area contributed by atoms with Gasteiger partial charge in [-0.2, -0.15) is 0 Å². The molecule has 1 heterocycles. The molecule has 0 bridgehead atoms. The number of hydrogen-bond acceptors (Lipinski definition) is 2. The van der Waals surface area contributed by atoms with E-state index in [2.05, 4.69) is 23.7 Å². The summed E-state index contributed by atoms with van der Waals surface area (Å²) < 4.78 is 0. The lowest BCUT2D eigenvalue weighted by Gasteiger charge is -2.25. The largest absolute Gasteiger partial charge is 0.313 e. The Kier molecular flexibility index (Phi) is 6.69. The molecule has 1 aliphatic heterocycles. The molecule has 0 aromatic heterocycles. The zero-order valence-corrected chi connectivity index (χ0v) is 10.2. The van der Waals surface area contributed by atoms with Crippen LogP contribution < -0.4 is 5.32 Å². The molecule has 2 heteroatoms. The zero-order valence-electron chi connectivity index (χ0n) is 10.2. The van der Waals surface area contributed by atoms with Gasteiger partial charge in [-0.05, 0) is 38.8 Å². The van der Waals surface area contributed by atoms with Crippen LogP contribution in [0.2, 0.25) is 0 Å². The minimum Gasteiger partial charge on any atom is -0.313 e. The molecular weight excluding hydrogens is 184 g/mol. The van der Waals surface area contributed by atoms with E-state index in [9.17, 15) is 0 Å². The first-order valence-corrected chi connectivity index (χ1v) is 6.43. The van der Waals surface area contributed by atoms with Crippen molar-refractivity contribution in [3.05, 3.63) is 12.7 Å². The van der Waals surface area contributed by atoms with Gasteiger partial charge in [0.05, 0.1) is 0 Å². The van der Waals surface area contributed by atoms with Crippen molar-refractivity contribution < 1.29 is 0 Å². The maximum absolute atomic E-state index is 3.80.